The first-order valence-electron chi connectivity index (χ1n) is 9.89. The SMILES string of the molecule is COc1c(Cl)cc(/C(O)=C2\C(=O)C(=O)N(c3cccc(F)c3)C2c2cccc(C)c2)cc1Cl. The number of carbonyl (C=O) groups is 2. The first-order valence-corrected chi connectivity index (χ1v) is 10.6. The molecule has 168 valence electrons. The highest BCUT2D eigenvalue weighted by Gasteiger charge is 2.47. The van der Waals surface area contributed by atoms with Crippen LogP contribution in [0.15, 0.2) is 66.2 Å². The Morgan fingerprint density at radius 1 is 1.03 bits per heavy atom. The molecule has 1 atom stereocenters. The molecule has 0 aromatic heterocycles. The van der Waals surface area contributed by atoms with Crippen LogP contribution in [0.2, 0.25) is 10.0 Å². The summed E-state index contributed by atoms with van der Waals surface area (Å²) >= 11 is 12.4. The van der Waals surface area contributed by atoms with E-state index in [0.717, 1.165) is 11.6 Å². The number of carbonyl (C=O) groups excluding carboxylic acids is 2. The minimum Gasteiger partial charge on any atom is -0.507 e. The molecule has 8 heteroatoms. The largest absolute Gasteiger partial charge is 0.507 e. The molecular formula is C25H18Cl2FNO4. The van der Waals surface area contributed by atoms with Gasteiger partial charge in [-0.1, -0.05) is 59.1 Å². The summed E-state index contributed by atoms with van der Waals surface area (Å²) in [6.07, 6.45) is 0. The second kappa shape index (κ2) is 8.89. The number of ketones is 1. The van der Waals surface area contributed by atoms with E-state index < -0.39 is 29.3 Å². The maximum absolute atomic E-state index is 14.0. The number of benzene rings is 3. The molecule has 5 nitrogen and oxygen atoms in total. The maximum atomic E-state index is 14.0. The third-order valence-electron chi connectivity index (χ3n) is 5.36. The van der Waals surface area contributed by atoms with Crippen LogP contribution in [0.3, 0.4) is 0 Å². The zero-order chi connectivity index (χ0) is 23.9. The molecule has 1 amide bonds. The minimum absolute atomic E-state index is 0.123. The third-order valence-corrected chi connectivity index (χ3v) is 5.93. The summed E-state index contributed by atoms with van der Waals surface area (Å²) < 4.78 is 19.1. The second-order valence-corrected chi connectivity index (χ2v) is 8.35. The van der Waals surface area contributed by atoms with Crippen LogP contribution in [0.4, 0.5) is 10.1 Å². The third kappa shape index (κ3) is 4.08. The average Bonchev–Trinajstić information content (AvgIpc) is 3.03. The topological polar surface area (TPSA) is 66.8 Å². The zero-order valence-corrected chi connectivity index (χ0v) is 19.1. The smallest absolute Gasteiger partial charge is 0.300 e. The number of aliphatic hydroxyl groups excluding tert-OH is 1. The van der Waals surface area contributed by atoms with Gasteiger partial charge < -0.3 is 9.84 Å². The van der Waals surface area contributed by atoms with Gasteiger partial charge in [0.05, 0.1) is 28.8 Å². The lowest BCUT2D eigenvalue weighted by atomic mass is 9.94. The predicted molar refractivity (Wildman–Crippen MR) is 125 cm³/mol. The predicted octanol–water partition coefficient (Wildman–Crippen LogP) is 6.08. The molecule has 1 aliphatic heterocycles. The summed E-state index contributed by atoms with van der Waals surface area (Å²) in [6, 6.07) is 14.3. The van der Waals surface area contributed by atoms with Gasteiger partial charge >= 0.3 is 0 Å². The van der Waals surface area contributed by atoms with Crippen LogP contribution in [0.25, 0.3) is 5.76 Å². The molecule has 0 radical (unpaired) electrons. The molecule has 4 rings (SSSR count). The van der Waals surface area contributed by atoms with Crippen LogP contribution < -0.4 is 9.64 Å². The minimum atomic E-state index is -0.994. The average molecular weight is 486 g/mol. The van der Waals surface area contributed by atoms with Crippen LogP contribution in [-0.4, -0.2) is 23.9 Å². The Bertz CT molecular complexity index is 1300. The molecule has 1 heterocycles. The van der Waals surface area contributed by atoms with Crippen molar-refractivity contribution in [1.29, 1.82) is 0 Å². The number of amides is 1. The van der Waals surface area contributed by atoms with Gasteiger partial charge in [-0.25, -0.2) is 4.39 Å². The Balaban J connectivity index is 1.98. The number of aliphatic hydroxyl groups is 1. The van der Waals surface area contributed by atoms with E-state index in [1.165, 1.54) is 42.3 Å². The fourth-order valence-corrected chi connectivity index (χ4v) is 4.57. The zero-order valence-electron chi connectivity index (χ0n) is 17.6. The number of ether oxygens (including phenoxy) is 1. The summed E-state index contributed by atoms with van der Waals surface area (Å²) in [5.74, 6) is -2.60. The van der Waals surface area contributed by atoms with Crippen molar-refractivity contribution in [2.75, 3.05) is 12.0 Å². The summed E-state index contributed by atoms with van der Waals surface area (Å²) in [4.78, 5) is 27.4. The standard InChI is InChI=1S/C25H18Cl2FNO4/c1-13-5-3-6-14(9-13)21-20(22(30)15-10-18(26)24(33-2)19(27)11-15)23(31)25(32)29(21)17-8-4-7-16(28)12-17/h3-12,21,30H,1-2H3/b22-20+. The molecule has 1 fully saturated rings. The normalized spacial score (nSPS) is 17.5. The van der Waals surface area contributed by atoms with Gasteiger partial charge in [0.15, 0.2) is 5.75 Å². The fourth-order valence-electron chi connectivity index (χ4n) is 3.93. The van der Waals surface area contributed by atoms with Crippen LogP contribution in [0, 0.1) is 12.7 Å². The van der Waals surface area contributed by atoms with Crippen LogP contribution >= 0.6 is 23.2 Å². The lowest BCUT2D eigenvalue weighted by molar-refractivity contribution is -0.132. The van der Waals surface area contributed by atoms with Crippen LogP contribution in [0.1, 0.15) is 22.7 Å². The highest BCUT2D eigenvalue weighted by molar-refractivity contribution is 6.51. The Labute approximate surface area is 199 Å². The van der Waals surface area contributed by atoms with Gasteiger partial charge in [-0.3, -0.25) is 14.5 Å². The maximum Gasteiger partial charge on any atom is 0.300 e. The van der Waals surface area contributed by atoms with Crippen LogP contribution in [-0.2, 0) is 9.59 Å². The first kappa shape index (κ1) is 22.8. The van der Waals surface area contributed by atoms with E-state index in [4.69, 9.17) is 27.9 Å². The molecule has 0 spiro atoms. The van der Waals surface area contributed by atoms with Crippen molar-refractivity contribution in [2.24, 2.45) is 0 Å². The summed E-state index contributed by atoms with van der Waals surface area (Å²) in [6.45, 7) is 1.86. The number of aryl methyl sites for hydroxylation is 1. The molecule has 1 unspecified atom stereocenters. The van der Waals surface area contributed by atoms with Gasteiger partial charge in [-0.2, -0.15) is 0 Å². The van der Waals surface area contributed by atoms with E-state index in [0.29, 0.717) is 5.56 Å². The number of Topliss-reactive ketones (excluding diaryl/α,β-unsaturated/α-hetero) is 1. The number of anilines is 1. The monoisotopic (exact) mass is 485 g/mol. The number of methoxy groups -OCH3 is 1. The van der Waals surface area contributed by atoms with Gasteiger partial charge in [0.2, 0.25) is 0 Å². The lowest BCUT2D eigenvalue weighted by Gasteiger charge is -2.25. The van der Waals surface area contributed by atoms with Crippen LogP contribution in [0.5, 0.6) is 5.75 Å². The molecular weight excluding hydrogens is 468 g/mol. The highest BCUT2D eigenvalue weighted by atomic mass is 35.5. The number of halogens is 3. The molecule has 3 aromatic carbocycles. The molecule has 0 saturated carbocycles. The quantitative estimate of drug-likeness (QED) is 0.276. The first-order chi connectivity index (χ1) is 15.7. The molecule has 3 aromatic rings. The molecule has 1 aliphatic rings. The second-order valence-electron chi connectivity index (χ2n) is 7.54. The van der Waals surface area contributed by atoms with Gasteiger partial charge in [-0.15, -0.1) is 0 Å². The Kier molecular flexibility index (Phi) is 6.15. The van der Waals surface area contributed by atoms with Crippen molar-refractivity contribution in [1.82, 2.24) is 0 Å². The number of hydrogen-bond acceptors (Lipinski definition) is 4. The van der Waals surface area contributed by atoms with Crippen molar-refractivity contribution in [3.8, 4) is 5.75 Å². The van der Waals surface area contributed by atoms with E-state index >= 15 is 0 Å². The van der Waals surface area contributed by atoms with Crippen molar-refractivity contribution in [3.05, 3.63) is 98.8 Å². The molecule has 33 heavy (non-hydrogen) atoms. The summed E-state index contributed by atoms with van der Waals surface area (Å²) in [7, 11) is 1.40. The van der Waals surface area contributed by atoms with Gasteiger partial charge in [0.25, 0.3) is 11.7 Å². The van der Waals surface area contributed by atoms with E-state index in [1.807, 2.05) is 13.0 Å². The van der Waals surface area contributed by atoms with Crippen molar-refractivity contribution >= 4 is 46.3 Å². The highest BCUT2D eigenvalue weighted by Crippen LogP contribution is 2.44. The van der Waals surface area contributed by atoms with Crippen molar-refractivity contribution in [3.63, 3.8) is 0 Å². The fraction of sp³-hybridized carbons (Fsp3) is 0.120. The molecule has 0 aliphatic carbocycles. The summed E-state index contributed by atoms with van der Waals surface area (Å²) in [5, 5.41) is 11.4. The van der Waals surface area contributed by atoms with Gasteiger partial charge in [0.1, 0.15) is 11.6 Å². The number of rotatable bonds is 4. The Morgan fingerprint density at radius 3 is 2.30 bits per heavy atom. The Morgan fingerprint density at radius 2 is 1.70 bits per heavy atom. The number of hydrogen-bond donors (Lipinski definition) is 1. The van der Waals surface area contributed by atoms with E-state index in [9.17, 15) is 19.1 Å². The van der Waals surface area contributed by atoms with E-state index in [1.54, 1.807) is 18.2 Å². The van der Waals surface area contributed by atoms with Gasteiger partial charge in [0, 0.05) is 11.3 Å². The molecule has 1 saturated heterocycles. The molecule has 1 N–H and O–H groups in total. The van der Waals surface area contributed by atoms with E-state index in [-0.39, 0.29) is 32.6 Å². The Hall–Kier alpha value is -3.35. The van der Waals surface area contributed by atoms with E-state index in [2.05, 4.69) is 0 Å². The van der Waals surface area contributed by atoms with Gasteiger partial charge in [-0.05, 0) is 42.8 Å². The lowest BCUT2D eigenvalue weighted by Crippen LogP contribution is -2.29. The van der Waals surface area contributed by atoms with Crippen molar-refractivity contribution in [2.45, 2.75) is 13.0 Å². The summed E-state index contributed by atoms with van der Waals surface area (Å²) in [5.41, 5.74) is 1.62. The molecule has 0 bridgehead atoms. The van der Waals surface area contributed by atoms with Crippen molar-refractivity contribution < 1.29 is 23.8 Å². The number of nitrogens with zero attached hydrogens (tertiary/aromatic N) is 1.